The van der Waals surface area contributed by atoms with Crippen LogP contribution in [-0.2, 0) is 11.8 Å². The van der Waals surface area contributed by atoms with Gasteiger partial charge in [-0.1, -0.05) is 18.2 Å². The molecule has 1 atom stereocenters. The van der Waals surface area contributed by atoms with Crippen molar-refractivity contribution in [1.82, 2.24) is 19.3 Å². The van der Waals surface area contributed by atoms with Gasteiger partial charge in [-0.2, -0.15) is 5.10 Å². The molecule has 0 spiro atoms. The number of imidazole rings is 1. The third kappa shape index (κ3) is 2.53. The van der Waals surface area contributed by atoms with E-state index < -0.39 is 0 Å². The number of amides is 1. The summed E-state index contributed by atoms with van der Waals surface area (Å²) in [5.41, 5.74) is 3.06. The van der Waals surface area contributed by atoms with Gasteiger partial charge in [-0.05, 0) is 12.1 Å². The molecule has 1 aliphatic heterocycles. The molecule has 0 bridgehead atoms. The van der Waals surface area contributed by atoms with Gasteiger partial charge in [-0.15, -0.1) is 11.8 Å². The van der Waals surface area contributed by atoms with Gasteiger partial charge in [-0.25, -0.2) is 4.98 Å². The highest BCUT2D eigenvalue weighted by molar-refractivity contribution is 8.00. The van der Waals surface area contributed by atoms with Crippen LogP contribution in [0.3, 0.4) is 0 Å². The zero-order valence-corrected chi connectivity index (χ0v) is 13.3. The predicted molar refractivity (Wildman–Crippen MR) is 89.7 cm³/mol. The highest BCUT2D eigenvalue weighted by Crippen LogP contribution is 2.41. The van der Waals surface area contributed by atoms with Crippen molar-refractivity contribution in [2.45, 2.75) is 5.25 Å². The van der Waals surface area contributed by atoms with Gasteiger partial charge in [0.25, 0.3) is 0 Å². The third-order valence-electron chi connectivity index (χ3n) is 3.75. The van der Waals surface area contributed by atoms with Crippen LogP contribution in [0.5, 0.6) is 0 Å². The summed E-state index contributed by atoms with van der Waals surface area (Å²) in [7, 11) is 1.89. The maximum absolute atomic E-state index is 12.0. The van der Waals surface area contributed by atoms with Gasteiger partial charge in [0.1, 0.15) is 6.33 Å². The molecule has 0 saturated carbocycles. The van der Waals surface area contributed by atoms with Crippen LogP contribution >= 0.6 is 11.8 Å². The minimum Gasteiger partial charge on any atom is -0.308 e. The smallest absolute Gasteiger partial charge is 0.235 e. The van der Waals surface area contributed by atoms with Gasteiger partial charge in [0.2, 0.25) is 5.91 Å². The number of carbonyl (C=O) groups is 1. The Balaban J connectivity index is 1.88. The van der Waals surface area contributed by atoms with Crippen LogP contribution < -0.4 is 5.32 Å². The summed E-state index contributed by atoms with van der Waals surface area (Å²) in [6.45, 7) is 0. The lowest BCUT2D eigenvalue weighted by Gasteiger charge is -2.16. The van der Waals surface area contributed by atoms with E-state index in [4.69, 9.17) is 0 Å². The Labute approximate surface area is 137 Å². The molecule has 6 nitrogen and oxygen atoms in total. The maximum atomic E-state index is 12.0. The molecule has 116 valence electrons. The van der Waals surface area contributed by atoms with Gasteiger partial charge in [0.05, 0.1) is 22.9 Å². The van der Waals surface area contributed by atoms with E-state index in [0.717, 1.165) is 16.9 Å². The fraction of sp³-hybridized carbons (Fsp3) is 0.188. The summed E-state index contributed by atoms with van der Waals surface area (Å²) in [5, 5.41) is 7.17. The van der Waals surface area contributed by atoms with Crippen LogP contribution in [0.2, 0.25) is 0 Å². The Morgan fingerprint density at radius 1 is 1.30 bits per heavy atom. The Morgan fingerprint density at radius 2 is 2.13 bits per heavy atom. The molecule has 7 heteroatoms. The van der Waals surface area contributed by atoms with Crippen molar-refractivity contribution < 1.29 is 4.79 Å². The van der Waals surface area contributed by atoms with Crippen LogP contribution in [0.25, 0.3) is 5.69 Å². The molecule has 1 amide bonds. The average molecular weight is 325 g/mol. The molecule has 1 aliphatic rings. The van der Waals surface area contributed by atoms with Crippen LogP contribution in [-0.4, -0.2) is 31.0 Å². The van der Waals surface area contributed by atoms with Gasteiger partial charge in [-0.3, -0.25) is 14.0 Å². The first-order chi connectivity index (χ1) is 11.2. The Morgan fingerprint density at radius 3 is 2.87 bits per heavy atom. The number of para-hydroxylation sites is 1. The van der Waals surface area contributed by atoms with Gasteiger partial charge >= 0.3 is 0 Å². The first-order valence-electron chi connectivity index (χ1n) is 7.25. The molecular weight excluding hydrogens is 310 g/mol. The number of aromatic nitrogens is 4. The molecule has 1 unspecified atom stereocenters. The van der Waals surface area contributed by atoms with E-state index in [1.165, 1.54) is 0 Å². The van der Waals surface area contributed by atoms with Crippen molar-refractivity contribution in [3.8, 4) is 5.69 Å². The second-order valence-electron chi connectivity index (χ2n) is 5.37. The highest BCUT2D eigenvalue weighted by atomic mass is 32.2. The summed E-state index contributed by atoms with van der Waals surface area (Å²) in [5.74, 6) is 0.990. The lowest BCUT2D eigenvalue weighted by molar-refractivity contribution is -0.113. The van der Waals surface area contributed by atoms with Gasteiger partial charge in [0, 0.05) is 24.5 Å². The maximum Gasteiger partial charge on any atom is 0.235 e. The first kappa shape index (κ1) is 14.1. The van der Waals surface area contributed by atoms with Crippen LogP contribution in [0.1, 0.15) is 16.5 Å². The summed E-state index contributed by atoms with van der Waals surface area (Å²) in [4.78, 5) is 16.4. The average Bonchev–Trinajstić information content (AvgIpc) is 3.12. The number of rotatable bonds is 2. The summed E-state index contributed by atoms with van der Waals surface area (Å²) >= 11 is 1.59. The number of carbonyl (C=O) groups excluding carboxylic acids is 1. The number of benzene rings is 1. The predicted octanol–water partition coefficient (Wildman–Crippen LogP) is 2.38. The van der Waals surface area contributed by atoms with Gasteiger partial charge in [0.15, 0.2) is 5.82 Å². The van der Waals surface area contributed by atoms with Crippen molar-refractivity contribution in [2.24, 2.45) is 7.05 Å². The van der Waals surface area contributed by atoms with Gasteiger partial charge < -0.3 is 5.32 Å². The SMILES string of the molecule is Cn1cc(C2SCC(=O)Nc3ncn(-c4ccccc4)c32)cn1. The molecule has 4 rings (SSSR count). The van der Waals surface area contributed by atoms with E-state index in [1.807, 2.05) is 54.3 Å². The van der Waals surface area contributed by atoms with Crippen molar-refractivity contribution in [3.63, 3.8) is 0 Å². The molecule has 1 N–H and O–H groups in total. The van der Waals surface area contributed by atoms with E-state index >= 15 is 0 Å². The Kier molecular flexibility index (Phi) is 3.42. The molecule has 0 fully saturated rings. The number of hydrogen-bond acceptors (Lipinski definition) is 4. The number of nitrogens with one attached hydrogen (secondary N) is 1. The van der Waals surface area contributed by atoms with Crippen molar-refractivity contribution >= 4 is 23.5 Å². The molecular formula is C16H15N5OS. The topological polar surface area (TPSA) is 64.7 Å². The Hall–Kier alpha value is -2.54. The van der Waals surface area contributed by atoms with Crippen LogP contribution in [0, 0.1) is 0 Å². The second kappa shape index (κ2) is 5.58. The van der Waals surface area contributed by atoms with E-state index in [0.29, 0.717) is 11.6 Å². The number of fused-ring (bicyclic) bond motifs is 1. The number of nitrogens with zero attached hydrogens (tertiary/aromatic N) is 4. The van der Waals surface area contributed by atoms with E-state index in [9.17, 15) is 4.79 Å². The Bertz CT molecular complexity index is 854. The molecule has 3 heterocycles. The molecule has 0 saturated heterocycles. The molecule has 2 aromatic heterocycles. The van der Waals surface area contributed by atoms with E-state index in [-0.39, 0.29) is 11.2 Å². The zero-order valence-electron chi connectivity index (χ0n) is 12.5. The highest BCUT2D eigenvalue weighted by Gasteiger charge is 2.29. The summed E-state index contributed by atoms with van der Waals surface area (Å²) < 4.78 is 3.81. The molecule has 3 aromatic rings. The number of anilines is 1. The standard InChI is InChI=1S/C16H15N5OS/c1-20-8-11(7-18-20)15-14-16(19-13(22)9-23-15)17-10-21(14)12-5-3-2-4-6-12/h2-8,10,15H,9H2,1H3,(H,19,22). The molecule has 0 aliphatic carbocycles. The minimum absolute atomic E-state index is 0.000330. The number of thioether (sulfide) groups is 1. The fourth-order valence-corrected chi connectivity index (χ4v) is 3.82. The van der Waals surface area contributed by atoms with Crippen molar-refractivity contribution in [3.05, 3.63) is 60.3 Å². The summed E-state index contributed by atoms with van der Waals surface area (Å²) in [6.07, 6.45) is 5.59. The minimum atomic E-state index is -0.0269. The quantitative estimate of drug-likeness (QED) is 0.786. The third-order valence-corrected chi connectivity index (χ3v) is 5.01. The second-order valence-corrected chi connectivity index (χ2v) is 6.46. The zero-order chi connectivity index (χ0) is 15.8. The monoisotopic (exact) mass is 325 g/mol. The number of hydrogen-bond donors (Lipinski definition) is 1. The molecule has 23 heavy (non-hydrogen) atoms. The lowest BCUT2D eigenvalue weighted by Crippen LogP contribution is -2.12. The van der Waals surface area contributed by atoms with Crippen LogP contribution in [0.4, 0.5) is 5.82 Å². The normalized spacial score (nSPS) is 17.4. The number of aryl methyl sites for hydroxylation is 1. The fourth-order valence-electron chi connectivity index (χ4n) is 2.73. The molecule has 1 aromatic carbocycles. The van der Waals surface area contributed by atoms with E-state index in [2.05, 4.69) is 15.4 Å². The van der Waals surface area contributed by atoms with E-state index in [1.54, 1.807) is 22.8 Å². The van der Waals surface area contributed by atoms with Crippen molar-refractivity contribution in [2.75, 3.05) is 11.1 Å². The van der Waals surface area contributed by atoms with Crippen LogP contribution in [0.15, 0.2) is 49.1 Å². The summed E-state index contributed by atoms with van der Waals surface area (Å²) in [6, 6.07) is 10.0. The molecule has 0 radical (unpaired) electrons. The largest absolute Gasteiger partial charge is 0.308 e. The lowest BCUT2D eigenvalue weighted by atomic mass is 10.1. The first-order valence-corrected chi connectivity index (χ1v) is 8.30. The van der Waals surface area contributed by atoms with Crippen molar-refractivity contribution in [1.29, 1.82) is 0 Å².